The number of urea groups is 1. The molecule has 6 heteroatoms. The molecule has 0 aliphatic carbocycles. The zero-order valence-electron chi connectivity index (χ0n) is 11.5. The van der Waals surface area contributed by atoms with Crippen molar-refractivity contribution in [2.24, 2.45) is 0 Å². The van der Waals surface area contributed by atoms with E-state index < -0.39 is 5.97 Å². The van der Waals surface area contributed by atoms with Crippen LogP contribution in [0, 0.1) is 6.92 Å². The third-order valence-electron chi connectivity index (χ3n) is 2.50. The molecule has 1 aromatic heterocycles. The minimum atomic E-state index is -0.513. The number of nitrogens with one attached hydrogen (secondary N) is 2. The molecule has 0 spiro atoms. The van der Waals surface area contributed by atoms with Gasteiger partial charge in [-0.3, -0.25) is 0 Å². The first-order valence-electron chi connectivity index (χ1n) is 6.36. The van der Waals surface area contributed by atoms with Gasteiger partial charge >= 0.3 is 12.0 Å². The molecule has 0 radical (unpaired) electrons. The Bertz CT molecular complexity index is 440. The quantitative estimate of drug-likeness (QED) is 0.607. The summed E-state index contributed by atoms with van der Waals surface area (Å²) in [5.74, 6) is 0.472. The third kappa shape index (κ3) is 4.65. The molecule has 0 fully saturated rings. The van der Waals surface area contributed by atoms with E-state index in [0.29, 0.717) is 6.54 Å². The van der Waals surface area contributed by atoms with Crippen LogP contribution in [0.3, 0.4) is 0 Å². The van der Waals surface area contributed by atoms with E-state index in [1.54, 1.807) is 6.07 Å². The molecule has 1 aromatic rings. The van der Waals surface area contributed by atoms with Gasteiger partial charge in [0.15, 0.2) is 0 Å². The molecule has 0 saturated carbocycles. The monoisotopic (exact) mass is 268 g/mol. The molecule has 6 nitrogen and oxygen atoms in total. The van der Waals surface area contributed by atoms with E-state index in [4.69, 9.17) is 9.15 Å². The summed E-state index contributed by atoms with van der Waals surface area (Å²) in [5, 5.41) is 5.13. The van der Waals surface area contributed by atoms with Crippen molar-refractivity contribution in [1.82, 2.24) is 10.6 Å². The van der Waals surface area contributed by atoms with Crippen molar-refractivity contribution in [1.29, 1.82) is 0 Å². The number of hydrogen-bond donors (Lipinski definition) is 2. The lowest BCUT2D eigenvalue weighted by Crippen LogP contribution is -2.37. The van der Waals surface area contributed by atoms with E-state index in [9.17, 15) is 9.59 Å². The van der Waals surface area contributed by atoms with Crippen LogP contribution in [-0.4, -0.2) is 31.7 Å². The van der Waals surface area contributed by atoms with Crippen molar-refractivity contribution in [2.45, 2.75) is 27.2 Å². The van der Waals surface area contributed by atoms with Crippen molar-refractivity contribution in [3.8, 4) is 0 Å². The molecular weight excluding hydrogens is 248 g/mol. The lowest BCUT2D eigenvalue weighted by atomic mass is 10.2. The standard InChI is InChI=1S/C13H20N2O4/c1-4-10-9(3)8-11(19-10)12(16)18-7-6-15-13(17)14-5-2/h8H,4-7H2,1-3H3,(H2,14,15,17). The Kier molecular flexibility index (Phi) is 5.92. The fourth-order valence-corrected chi connectivity index (χ4v) is 1.57. The van der Waals surface area contributed by atoms with Gasteiger partial charge in [0, 0.05) is 13.0 Å². The molecule has 0 saturated heterocycles. The summed E-state index contributed by atoms with van der Waals surface area (Å²) in [5.41, 5.74) is 0.940. The number of amides is 2. The summed E-state index contributed by atoms with van der Waals surface area (Å²) in [4.78, 5) is 22.7. The summed E-state index contributed by atoms with van der Waals surface area (Å²) in [6, 6.07) is 1.39. The Hall–Kier alpha value is -1.98. The zero-order valence-corrected chi connectivity index (χ0v) is 11.5. The van der Waals surface area contributed by atoms with Gasteiger partial charge < -0.3 is 19.8 Å². The van der Waals surface area contributed by atoms with Crippen LogP contribution in [0.15, 0.2) is 10.5 Å². The van der Waals surface area contributed by atoms with Gasteiger partial charge in [0.05, 0.1) is 6.54 Å². The van der Waals surface area contributed by atoms with Crippen molar-refractivity contribution < 1.29 is 18.7 Å². The Balaban J connectivity index is 2.33. The Labute approximate surface area is 112 Å². The molecule has 1 rings (SSSR count). The van der Waals surface area contributed by atoms with Gasteiger partial charge in [-0.2, -0.15) is 0 Å². The van der Waals surface area contributed by atoms with E-state index in [-0.39, 0.29) is 24.9 Å². The van der Waals surface area contributed by atoms with Crippen LogP contribution in [0.25, 0.3) is 0 Å². The van der Waals surface area contributed by atoms with Crippen molar-refractivity contribution in [2.75, 3.05) is 19.7 Å². The molecule has 106 valence electrons. The predicted molar refractivity (Wildman–Crippen MR) is 70.2 cm³/mol. The zero-order chi connectivity index (χ0) is 14.3. The maximum atomic E-state index is 11.7. The maximum absolute atomic E-state index is 11.7. The van der Waals surface area contributed by atoms with Gasteiger partial charge in [0.2, 0.25) is 5.76 Å². The highest BCUT2D eigenvalue weighted by molar-refractivity contribution is 5.86. The van der Waals surface area contributed by atoms with E-state index in [0.717, 1.165) is 17.7 Å². The van der Waals surface area contributed by atoms with Crippen LogP contribution in [0.5, 0.6) is 0 Å². The maximum Gasteiger partial charge on any atom is 0.374 e. The molecule has 0 aliphatic rings. The molecule has 0 unspecified atom stereocenters. The molecule has 0 aromatic carbocycles. The summed E-state index contributed by atoms with van der Waals surface area (Å²) in [6.45, 7) is 6.59. The van der Waals surface area contributed by atoms with Crippen molar-refractivity contribution in [3.05, 3.63) is 23.2 Å². The smallest absolute Gasteiger partial charge is 0.374 e. The predicted octanol–water partition coefficient (Wildman–Crippen LogP) is 1.63. The molecule has 1 heterocycles. The lowest BCUT2D eigenvalue weighted by molar-refractivity contribution is 0.0472. The highest BCUT2D eigenvalue weighted by Gasteiger charge is 2.14. The molecular formula is C13H20N2O4. The number of hydrogen-bond acceptors (Lipinski definition) is 4. The number of carbonyl (C=O) groups excluding carboxylic acids is 2. The van der Waals surface area contributed by atoms with Gasteiger partial charge in [0.25, 0.3) is 0 Å². The molecule has 19 heavy (non-hydrogen) atoms. The minimum Gasteiger partial charge on any atom is -0.458 e. The van der Waals surface area contributed by atoms with Crippen molar-refractivity contribution >= 4 is 12.0 Å². The molecule has 2 N–H and O–H groups in total. The van der Waals surface area contributed by atoms with E-state index in [1.807, 2.05) is 20.8 Å². The van der Waals surface area contributed by atoms with E-state index in [1.165, 1.54) is 0 Å². The molecule has 0 atom stereocenters. The molecule has 0 aliphatic heterocycles. The number of esters is 1. The first-order valence-corrected chi connectivity index (χ1v) is 6.36. The summed E-state index contributed by atoms with van der Waals surface area (Å²) in [7, 11) is 0. The minimum absolute atomic E-state index is 0.108. The Morgan fingerprint density at radius 1 is 1.32 bits per heavy atom. The van der Waals surface area contributed by atoms with Crippen LogP contribution in [0.4, 0.5) is 4.79 Å². The average molecular weight is 268 g/mol. The second-order valence-electron chi connectivity index (χ2n) is 3.99. The number of carbonyl (C=O) groups is 2. The highest BCUT2D eigenvalue weighted by atomic mass is 16.5. The first kappa shape index (κ1) is 15.1. The van der Waals surface area contributed by atoms with Crippen LogP contribution in [-0.2, 0) is 11.2 Å². The molecule has 2 amide bonds. The van der Waals surface area contributed by atoms with E-state index >= 15 is 0 Å². The van der Waals surface area contributed by atoms with Crippen LogP contribution in [0.2, 0.25) is 0 Å². The first-order chi connectivity index (χ1) is 9.08. The number of ether oxygens (including phenoxy) is 1. The van der Waals surface area contributed by atoms with E-state index in [2.05, 4.69) is 10.6 Å². The second kappa shape index (κ2) is 7.45. The topological polar surface area (TPSA) is 80.6 Å². The van der Waals surface area contributed by atoms with Gasteiger partial charge in [-0.15, -0.1) is 0 Å². The fourth-order valence-electron chi connectivity index (χ4n) is 1.57. The number of furan rings is 1. The Morgan fingerprint density at radius 2 is 2.05 bits per heavy atom. The number of aryl methyl sites for hydroxylation is 2. The summed E-state index contributed by atoms with van der Waals surface area (Å²) in [6.07, 6.45) is 0.734. The van der Waals surface area contributed by atoms with Gasteiger partial charge in [-0.25, -0.2) is 9.59 Å². The summed E-state index contributed by atoms with van der Waals surface area (Å²) < 4.78 is 10.4. The normalized spacial score (nSPS) is 10.1. The third-order valence-corrected chi connectivity index (χ3v) is 2.50. The highest BCUT2D eigenvalue weighted by Crippen LogP contribution is 2.15. The fraction of sp³-hybridized carbons (Fsp3) is 0.538. The second-order valence-corrected chi connectivity index (χ2v) is 3.99. The largest absolute Gasteiger partial charge is 0.458 e. The van der Waals surface area contributed by atoms with Crippen LogP contribution >= 0.6 is 0 Å². The van der Waals surface area contributed by atoms with Gasteiger partial charge in [0.1, 0.15) is 12.4 Å². The lowest BCUT2D eigenvalue weighted by Gasteiger charge is -2.05. The van der Waals surface area contributed by atoms with Crippen LogP contribution in [0.1, 0.15) is 35.7 Å². The van der Waals surface area contributed by atoms with Crippen molar-refractivity contribution in [3.63, 3.8) is 0 Å². The van der Waals surface area contributed by atoms with Gasteiger partial charge in [-0.05, 0) is 25.5 Å². The number of rotatable bonds is 6. The SMILES string of the molecule is CCNC(=O)NCCOC(=O)c1cc(C)c(CC)o1. The van der Waals surface area contributed by atoms with Gasteiger partial charge in [-0.1, -0.05) is 6.92 Å². The Morgan fingerprint density at radius 3 is 2.63 bits per heavy atom. The summed E-state index contributed by atoms with van der Waals surface area (Å²) >= 11 is 0. The average Bonchev–Trinajstić information content (AvgIpc) is 2.76. The van der Waals surface area contributed by atoms with Crippen LogP contribution < -0.4 is 10.6 Å². The molecule has 0 bridgehead atoms.